The molecule has 4 bridgehead atoms. The van der Waals surface area contributed by atoms with Crippen LogP contribution in [0.3, 0.4) is 0 Å². The molecule has 18 heavy (non-hydrogen) atoms. The molecule has 3 nitrogen and oxygen atoms in total. The molecule has 0 aliphatic heterocycles. The minimum absolute atomic E-state index is 0.554. The van der Waals surface area contributed by atoms with E-state index in [0.717, 1.165) is 24.3 Å². The van der Waals surface area contributed by atoms with Gasteiger partial charge in [-0.3, -0.25) is 4.68 Å². The second kappa shape index (κ2) is 3.52. The number of nitrogen functional groups attached to an aromatic ring is 1. The normalized spacial score (nSPS) is 41.5. The zero-order valence-corrected chi connectivity index (χ0v) is 11.2. The number of aryl methyl sites for hydroxylation is 1. The van der Waals surface area contributed by atoms with E-state index in [4.69, 9.17) is 5.73 Å². The van der Waals surface area contributed by atoms with Gasteiger partial charge in [0.1, 0.15) is 5.82 Å². The van der Waals surface area contributed by atoms with Crippen molar-refractivity contribution >= 4 is 5.82 Å². The Labute approximate surface area is 109 Å². The number of aromatic nitrogens is 2. The number of rotatable bonds is 2. The monoisotopic (exact) mass is 245 g/mol. The van der Waals surface area contributed by atoms with Crippen molar-refractivity contribution in [2.24, 2.45) is 23.2 Å². The summed E-state index contributed by atoms with van der Waals surface area (Å²) in [5, 5.41) is 4.48. The van der Waals surface area contributed by atoms with Gasteiger partial charge in [0.15, 0.2) is 0 Å². The van der Waals surface area contributed by atoms with Gasteiger partial charge in [0.2, 0.25) is 0 Å². The van der Waals surface area contributed by atoms with Gasteiger partial charge in [-0.25, -0.2) is 0 Å². The topological polar surface area (TPSA) is 43.8 Å². The Bertz CT molecular complexity index is 439. The van der Waals surface area contributed by atoms with Gasteiger partial charge in [0.05, 0.1) is 0 Å². The summed E-state index contributed by atoms with van der Waals surface area (Å²) in [7, 11) is 0. The first-order chi connectivity index (χ1) is 8.62. The van der Waals surface area contributed by atoms with Crippen LogP contribution in [0.25, 0.3) is 0 Å². The molecule has 0 spiro atoms. The van der Waals surface area contributed by atoms with Crippen molar-refractivity contribution in [1.29, 1.82) is 0 Å². The van der Waals surface area contributed by atoms with Crippen LogP contribution in [-0.4, -0.2) is 9.78 Å². The molecule has 5 rings (SSSR count). The highest BCUT2D eigenvalue weighted by Crippen LogP contribution is 2.60. The fourth-order valence-corrected chi connectivity index (χ4v) is 5.50. The van der Waals surface area contributed by atoms with Gasteiger partial charge in [0.25, 0.3) is 0 Å². The van der Waals surface area contributed by atoms with Crippen LogP contribution in [0.4, 0.5) is 5.82 Å². The van der Waals surface area contributed by atoms with Gasteiger partial charge in [-0.05, 0) is 68.6 Å². The summed E-state index contributed by atoms with van der Waals surface area (Å²) < 4.78 is 2.17. The number of anilines is 1. The fraction of sp³-hybridized carbons (Fsp3) is 0.800. The summed E-state index contributed by atoms with van der Waals surface area (Å²) in [5.74, 6) is 3.73. The molecule has 1 aromatic heterocycles. The molecule has 1 heterocycles. The average molecular weight is 245 g/mol. The number of hydrogen-bond acceptors (Lipinski definition) is 2. The maximum Gasteiger partial charge on any atom is 0.145 e. The van der Waals surface area contributed by atoms with Crippen molar-refractivity contribution in [2.45, 2.75) is 52.0 Å². The molecule has 3 heteroatoms. The summed E-state index contributed by atoms with van der Waals surface area (Å²) in [5.41, 5.74) is 7.59. The Morgan fingerprint density at radius 3 is 2.22 bits per heavy atom. The van der Waals surface area contributed by atoms with Crippen molar-refractivity contribution in [3.8, 4) is 0 Å². The minimum Gasteiger partial charge on any atom is -0.382 e. The predicted molar refractivity (Wildman–Crippen MR) is 72.0 cm³/mol. The molecule has 4 aliphatic carbocycles. The van der Waals surface area contributed by atoms with E-state index in [1.165, 1.54) is 44.2 Å². The largest absolute Gasteiger partial charge is 0.382 e. The van der Waals surface area contributed by atoms with Crippen molar-refractivity contribution in [2.75, 3.05) is 5.73 Å². The Morgan fingerprint density at radius 1 is 1.22 bits per heavy atom. The van der Waals surface area contributed by atoms with Crippen molar-refractivity contribution in [3.05, 3.63) is 11.8 Å². The van der Waals surface area contributed by atoms with E-state index in [1.54, 1.807) is 0 Å². The minimum atomic E-state index is 0.554. The van der Waals surface area contributed by atoms with Crippen LogP contribution in [0.1, 0.15) is 44.2 Å². The summed E-state index contributed by atoms with van der Waals surface area (Å²) in [4.78, 5) is 0. The molecule has 0 amide bonds. The van der Waals surface area contributed by atoms with E-state index in [2.05, 4.69) is 16.7 Å². The van der Waals surface area contributed by atoms with Gasteiger partial charge < -0.3 is 5.73 Å². The Hall–Kier alpha value is -0.990. The summed E-state index contributed by atoms with van der Waals surface area (Å²) in [6.07, 6.45) is 8.87. The third kappa shape index (κ3) is 1.59. The van der Waals surface area contributed by atoms with Crippen LogP contribution in [0.15, 0.2) is 6.07 Å². The van der Waals surface area contributed by atoms with Crippen LogP contribution in [0.5, 0.6) is 0 Å². The van der Waals surface area contributed by atoms with Gasteiger partial charge in [-0.1, -0.05) is 0 Å². The lowest BCUT2D eigenvalue weighted by Gasteiger charge is -2.56. The first-order valence-corrected chi connectivity index (χ1v) is 7.42. The Balaban J connectivity index is 1.62. The first-order valence-electron chi connectivity index (χ1n) is 7.42. The van der Waals surface area contributed by atoms with E-state index in [1.807, 2.05) is 6.07 Å². The van der Waals surface area contributed by atoms with Crippen LogP contribution >= 0.6 is 0 Å². The van der Waals surface area contributed by atoms with Crippen LogP contribution < -0.4 is 5.73 Å². The summed E-state index contributed by atoms with van der Waals surface area (Å²) >= 11 is 0. The van der Waals surface area contributed by atoms with Gasteiger partial charge in [-0.2, -0.15) is 5.10 Å². The lowest BCUT2D eigenvalue weighted by atomic mass is 9.49. The molecular weight excluding hydrogens is 222 g/mol. The van der Waals surface area contributed by atoms with E-state index < -0.39 is 0 Å². The molecule has 0 aromatic carbocycles. The lowest BCUT2D eigenvalue weighted by Crippen LogP contribution is -2.48. The number of nitrogens with zero attached hydrogens (tertiary/aromatic N) is 2. The van der Waals surface area contributed by atoms with E-state index in [9.17, 15) is 0 Å². The zero-order chi connectivity index (χ0) is 12.3. The van der Waals surface area contributed by atoms with E-state index in [-0.39, 0.29) is 0 Å². The fourth-order valence-electron chi connectivity index (χ4n) is 5.50. The average Bonchev–Trinajstić information content (AvgIpc) is 2.54. The first kappa shape index (κ1) is 10.9. The van der Waals surface area contributed by atoms with E-state index >= 15 is 0 Å². The predicted octanol–water partition coefficient (Wildman–Crippen LogP) is 2.99. The Kier molecular flexibility index (Phi) is 2.13. The van der Waals surface area contributed by atoms with Crippen molar-refractivity contribution in [1.82, 2.24) is 9.78 Å². The van der Waals surface area contributed by atoms with Crippen LogP contribution in [-0.2, 0) is 6.54 Å². The Morgan fingerprint density at radius 2 is 1.78 bits per heavy atom. The van der Waals surface area contributed by atoms with Gasteiger partial charge >= 0.3 is 0 Å². The third-order valence-electron chi connectivity index (χ3n) is 5.65. The molecule has 0 saturated heterocycles. The molecule has 1 aromatic rings. The van der Waals surface area contributed by atoms with Crippen molar-refractivity contribution in [3.63, 3.8) is 0 Å². The quantitative estimate of drug-likeness (QED) is 0.870. The summed E-state index contributed by atoms with van der Waals surface area (Å²) in [6.45, 7) is 3.24. The molecule has 4 fully saturated rings. The molecule has 4 aliphatic rings. The maximum absolute atomic E-state index is 5.81. The molecule has 98 valence electrons. The highest BCUT2D eigenvalue weighted by Gasteiger charge is 2.51. The molecule has 0 unspecified atom stereocenters. The second-order valence-electron chi connectivity index (χ2n) is 7.29. The highest BCUT2D eigenvalue weighted by atomic mass is 15.3. The molecule has 4 saturated carbocycles. The van der Waals surface area contributed by atoms with Crippen LogP contribution in [0.2, 0.25) is 0 Å². The number of nitrogens with two attached hydrogens (primary N) is 1. The smallest absolute Gasteiger partial charge is 0.145 e. The van der Waals surface area contributed by atoms with Gasteiger partial charge in [-0.15, -0.1) is 0 Å². The van der Waals surface area contributed by atoms with Crippen molar-refractivity contribution < 1.29 is 0 Å². The molecule has 0 radical (unpaired) electrons. The molecular formula is C15H23N3. The molecule has 2 N–H and O–H groups in total. The maximum atomic E-state index is 5.81. The molecule has 0 atom stereocenters. The lowest BCUT2D eigenvalue weighted by molar-refractivity contribution is -0.0637. The zero-order valence-electron chi connectivity index (χ0n) is 11.2. The number of hydrogen-bond donors (Lipinski definition) is 1. The van der Waals surface area contributed by atoms with Gasteiger partial charge in [0, 0.05) is 18.3 Å². The van der Waals surface area contributed by atoms with Crippen LogP contribution in [0, 0.1) is 30.1 Å². The van der Waals surface area contributed by atoms with E-state index in [0.29, 0.717) is 11.2 Å². The SMILES string of the molecule is Cc1cc(N)nn1CC12CC3CC(CC(C3)C1)C2. The third-order valence-corrected chi connectivity index (χ3v) is 5.65. The highest BCUT2D eigenvalue weighted by molar-refractivity contribution is 5.28. The summed E-state index contributed by atoms with van der Waals surface area (Å²) in [6, 6.07) is 2.00. The standard InChI is InChI=1S/C15H23N3/c1-10-2-14(16)17-18(10)9-15-6-11-3-12(7-15)5-13(4-11)8-15/h2,11-13H,3-9H2,1H3,(H2,16,17). The second-order valence-corrected chi connectivity index (χ2v) is 7.29.